The van der Waals surface area contributed by atoms with Crippen LogP contribution in [0.15, 0.2) is 12.2 Å². The Morgan fingerprint density at radius 3 is 1.26 bits per heavy atom. The maximum Gasteiger partial charge on any atom is 0.362 e. The van der Waals surface area contributed by atoms with E-state index in [1.165, 1.54) is 32.1 Å². The van der Waals surface area contributed by atoms with E-state index in [0.717, 1.165) is 38.5 Å². The van der Waals surface area contributed by atoms with E-state index in [2.05, 4.69) is 19.1 Å². The minimum Gasteiger partial charge on any atom is -0.477 e. The Labute approximate surface area is 213 Å². The van der Waals surface area contributed by atoms with E-state index in [0.29, 0.717) is 6.42 Å². The van der Waals surface area contributed by atoms with Crippen molar-refractivity contribution in [3.63, 3.8) is 0 Å². The van der Waals surface area contributed by atoms with Gasteiger partial charge in [0.15, 0.2) is 18.1 Å². The van der Waals surface area contributed by atoms with Gasteiger partial charge in [-0.25, -0.2) is 14.4 Å². The van der Waals surface area contributed by atoms with Gasteiger partial charge in [0.05, 0.1) is 6.54 Å². The van der Waals surface area contributed by atoms with Crippen LogP contribution < -0.4 is 0 Å². The molecule has 3 N–H and O–H groups in total. The quantitative estimate of drug-likeness (QED) is 0.0826. The summed E-state index contributed by atoms with van der Waals surface area (Å²) in [5.74, 6) is -3.36. The first-order valence-electron chi connectivity index (χ1n) is 13.9. The SMILES string of the molecule is CCCCCCC/C=C/CCCCCCC[N+](C(CC)C(=O)O)(C(CC)C(=O)O)C(CC)C(=O)O. The van der Waals surface area contributed by atoms with Crippen LogP contribution in [0.3, 0.4) is 0 Å². The summed E-state index contributed by atoms with van der Waals surface area (Å²) in [6, 6.07) is -3.20. The molecule has 0 aromatic carbocycles. The number of rotatable bonds is 23. The molecule has 0 aromatic heterocycles. The van der Waals surface area contributed by atoms with Crippen LogP contribution in [0.5, 0.6) is 0 Å². The fourth-order valence-corrected chi connectivity index (χ4v) is 5.56. The smallest absolute Gasteiger partial charge is 0.362 e. The van der Waals surface area contributed by atoms with Gasteiger partial charge in [-0.2, -0.15) is 0 Å². The van der Waals surface area contributed by atoms with Crippen molar-refractivity contribution in [2.45, 2.75) is 142 Å². The number of nitrogens with zero attached hydrogens (tertiary/aromatic N) is 1. The zero-order valence-electron chi connectivity index (χ0n) is 22.7. The van der Waals surface area contributed by atoms with E-state index in [-0.39, 0.29) is 25.8 Å². The van der Waals surface area contributed by atoms with Gasteiger partial charge in [0.1, 0.15) is 0 Å². The zero-order valence-corrected chi connectivity index (χ0v) is 22.7. The van der Waals surface area contributed by atoms with Crippen molar-refractivity contribution in [3.05, 3.63) is 12.2 Å². The van der Waals surface area contributed by atoms with Gasteiger partial charge < -0.3 is 15.3 Å². The van der Waals surface area contributed by atoms with Crippen molar-refractivity contribution < 1.29 is 34.2 Å². The molecule has 0 radical (unpaired) electrons. The lowest BCUT2D eigenvalue weighted by molar-refractivity contribution is -0.973. The third-order valence-electron chi connectivity index (χ3n) is 7.31. The van der Waals surface area contributed by atoms with Gasteiger partial charge in [-0.05, 0) is 38.5 Å². The molecule has 0 aromatic rings. The predicted molar refractivity (Wildman–Crippen MR) is 140 cm³/mol. The van der Waals surface area contributed by atoms with Gasteiger partial charge in [0.25, 0.3) is 0 Å². The highest BCUT2D eigenvalue weighted by Crippen LogP contribution is 2.32. The summed E-state index contributed by atoms with van der Waals surface area (Å²) < 4.78 is -0.412. The minimum atomic E-state index is -1.12. The summed E-state index contributed by atoms with van der Waals surface area (Å²) in [6.07, 6.45) is 18.4. The van der Waals surface area contributed by atoms with Crippen LogP contribution in [0.4, 0.5) is 0 Å². The summed E-state index contributed by atoms with van der Waals surface area (Å²) >= 11 is 0. The summed E-state index contributed by atoms with van der Waals surface area (Å²) in [4.78, 5) is 36.6. The Bertz CT molecular complexity index is 578. The maximum atomic E-state index is 12.2. The number of carboxylic acids is 3. The van der Waals surface area contributed by atoms with E-state index in [1.807, 2.05) is 0 Å². The molecule has 3 unspecified atom stereocenters. The van der Waals surface area contributed by atoms with Crippen LogP contribution in [0.25, 0.3) is 0 Å². The van der Waals surface area contributed by atoms with Gasteiger partial charge in [0.2, 0.25) is 0 Å². The molecule has 0 fully saturated rings. The number of allylic oxidation sites excluding steroid dienone is 2. The molecular formula is C28H52NO6+. The Hall–Kier alpha value is -1.89. The molecule has 0 heterocycles. The first-order chi connectivity index (χ1) is 16.7. The second-order valence-corrected chi connectivity index (χ2v) is 9.74. The van der Waals surface area contributed by atoms with E-state index < -0.39 is 40.5 Å². The van der Waals surface area contributed by atoms with Crippen LogP contribution in [0.1, 0.15) is 124 Å². The lowest BCUT2D eigenvalue weighted by atomic mass is 9.94. The molecular weight excluding hydrogens is 446 g/mol. The van der Waals surface area contributed by atoms with Crippen molar-refractivity contribution in [2.24, 2.45) is 0 Å². The van der Waals surface area contributed by atoms with Crippen molar-refractivity contribution in [2.75, 3.05) is 6.54 Å². The van der Waals surface area contributed by atoms with Gasteiger partial charge in [-0.3, -0.25) is 4.48 Å². The highest BCUT2D eigenvalue weighted by molar-refractivity contribution is 5.78. The van der Waals surface area contributed by atoms with E-state index in [1.54, 1.807) is 20.8 Å². The lowest BCUT2D eigenvalue weighted by Gasteiger charge is -2.49. The second-order valence-electron chi connectivity index (χ2n) is 9.74. The summed E-state index contributed by atoms with van der Waals surface area (Å²) in [7, 11) is 0. The van der Waals surface area contributed by atoms with Crippen molar-refractivity contribution in [3.8, 4) is 0 Å². The lowest BCUT2D eigenvalue weighted by Crippen LogP contribution is -2.72. The molecule has 0 aliphatic carbocycles. The van der Waals surface area contributed by atoms with Crippen LogP contribution >= 0.6 is 0 Å². The Morgan fingerprint density at radius 1 is 0.571 bits per heavy atom. The molecule has 0 aliphatic heterocycles. The third kappa shape index (κ3) is 11.1. The van der Waals surface area contributed by atoms with Crippen molar-refractivity contribution >= 4 is 17.9 Å². The minimum absolute atomic E-state index is 0.188. The summed E-state index contributed by atoms with van der Waals surface area (Å²) in [5, 5.41) is 29.9. The predicted octanol–water partition coefficient (Wildman–Crippen LogP) is 6.65. The molecule has 0 aliphatic rings. The molecule has 7 nitrogen and oxygen atoms in total. The first-order valence-corrected chi connectivity index (χ1v) is 13.9. The Balaban J connectivity index is 5.01. The molecule has 0 spiro atoms. The highest BCUT2D eigenvalue weighted by Gasteiger charge is 2.55. The number of carbonyl (C=O) groups is 3. The van der Waals surface area contributed by atoms with Crippen LogP contribution in [0, 0.1) is 0 Å². The van der Waals surface area contributed by atoms with Gasteiger partial charge >= 0.3 is 17.9 Å². The Kier molecular flexibility index (Phi) is 18.3. The standard InChI is InChI=1S/C28H51NO6/c1-5-9-10-11-12-13-14-15-16-17-18-19-20-21-22-29(23(6-2)26(30)31,24(7-3)27(32)33)25(8-4)28(34)35/h14-15,23-25H,5-13,16-22H2,1-4H3,(H2-,30,31,32,33,34,35)/p+1/b15-14+. The largest absolute Gasteiger partial charge is 0.477 e. The van der Waals surface area contributed by atoms with Gasteiger partial charge in [-0.15, -0.1) is 0 Å². The number of aliphatic carboxylic acids is 3. The molecule has 0 bridgehead atoms. The second kappa shape index (κ2) is 19.3. The molecule has 7 heteroatoms. The van der Waals surface area contributed by atoms with E-state index in [9.17, 15) is 29.7 Å². The molecule has 0 rings (SSSR count). The normalized spacial score (nSPS) is 16.0. The molecule has 0 amide bonds. The van der Waals surface area contributed by atoms with E-state index in [4.69, 9.17) is 0 Å². The Morgan fingerprint density at radius 2 is 0.914 bits per heavy atom. The van der Waals surface area contributed by atoms with Crippen LogP contribution in [-0.4, -0.2) is 62.4 Å². The van der Waals surface area contributed by atoms with Crippen molar-refractivity contribution in [1.82, 2.24) is 0 Å². The fraction of sp³-hybridized carbons (Fsp3) is 0.821. The number of carboxylic acid groups (broad SMARTS) is 3. The number of quaternary nitrogens is 1. The highest BCUT2D eigenvalue weighted by atomic mass is 16.4. The average Bonchev–Trinajstić information content (AvgIpc) is 2.79. The first kappa shape index (κ1) is 33.1. The number of unbranched alkanes of at least 4 members (excludes halogenated alkanes) is 10. The molecule has 3 atom stereocenters. The molecule has 0 saturated carbocycles. The average molecular weight is 499 g/mol. The topological polar surface area (TPSA) is 112 Å². The molecule has 0 saturated heterocycles. The monoisotopic (exact) mass is 498 g/mol. The fourth-order valence-electron chi connectivity index (χ4n) is 5.56. The van der Waals surface area contributed by atoms with Crippen molar-refractivity contribution in [1.29, 1.82) is 0 Å². The summed E-state index contributed by atoms with van der Waals surface area (Å²) in [5.41, 5.74) is 0. The number of hydrogen-bond acceptors (Lipinski definition) is 3. The van der Waals surface area contributed by atoms with Gasteiger partial charge in [-0.1, -0.05) is 78.4 Å². The van der Waals surface area contributed by atoms with Crippen LogP contribution in [0.2, 0.25) is 0 Å². The molecule has 35 heavy (non-hydrogen) atoms. The number of hydrogen-bond donors (Lipinski definition) is 3. The summed E-state index contributed by atoms with van der Waals surface area (Å²) in [6.45, 7) is 7.58. The maximum absolute atomic E-state index is 12.2. The van der Waals surface area contributed by atoms with Gasteiger partial charge in [0, 0.05) is 19.3 Å². The zero-order chi connectivity index (χ0) is 26.7. The molecule has 204 valence electrons. The third-order valence-corrected chi connectivity index (χ3v) is 7.31. The van der Waals surface area contributed by atoms with Crippen LogP contribution in [-0.2, 0) is 14.4 Å². The van der Waals surface area contributed by atoms with E-state index >= 15 is 0 Å².